The fraction of sp³-hybridized carbons (Fsp3) is 0.450. The Morgan fingerprint density at radius 3 is 2.50 bits per heavy atom. The summed E-state index contributed by atoms with van der Waals surface area (Å²) in [6, 6.07) is 5.28. The van der Waals surface area contributed by atoms with Crippen LogP contribution in [-0.4, -0.2) is 48.9 Å². The van der Waals surface area contributed by atoms with Crippen molar-refractivity contribution >= 4 is 40.3 Å². The lowest BCUT2D eigenvalue weighted by Gasteiger charge is -2.31. The molecule has 3 heterocycles. The van der Waals surface area contributed by atoms with Gasteiger partial charge in [-0.3, -0.25) is 9.59 Å². The number of aromatic nitrogens is 5. The Morgan fingerprint density at radius 1 is 1.13 bits per heavy atom. The second-order valence-electron chi connectivity index (χ2n) is 7.94. The van der Waals surface area contributed by atoms with Gasteiger partial charge in [-0.25, -0.2) is 9.67 Å². The number of benzene rings is 1. The number of fused-ring (bicyclic) bond motifs is 1. The Hall–Kier alpha value is -2.45. The molecule has 0 atom stereocenters. The highest BCUT2D eigenvalue weighted by Crippen LogP contribution is 2.34. The predicted molar refractivity (Wildman–Crippen MR) is 113 cm³/mol. The zero-order valence-corrected chi connectivity index (χ0v) is 17.7. The molecule has 1 N–H and O–H groups in total. The number of carbonyl (C=O) groups is 1. The van der Waals surface area contributed by atoms with E-state index in [0.29, 0.717) is 40.2 Å². The van der Waals surface area contributed by atoms with Crippen molar-refractivity contribution in [2.75, 3.05) is 13.1 Å². The highest BCUT2D eigenvalue weighted by molar-refractivity contribution is 6.36. The van der Waals surface area contributed by atoms with Crippen LogP contribution in [-0.2, 0) is 11.3 Å². The summed E-state index contributed by atoms with van der Waals surface area (Å²) in [7, 11) is 0. The molecule has 30 heavy (non-hydrogen) atoms. The molecule has 1 amide bonds. The van der Waals surface area contributed by atoms with E-state index in [4.69, 9.17) is 23.2 Å². The average Bonchev–Trinajstić information content (AvgIpc) is 3.51. The molecule has 8 nitrogen and oxygen atoms in total. The van der Waals surface area contributed by atoms with Gasteiger partial charge in [0.05, 0.1) is 6.54 Å². The molecule has 1 saturated heterocycles. The van der Waals surface area contributed by atoms with Crippen LogP contribution in [0.15, 0.2) is 23.0 Å². The largest absolute Gasteiger partial charge is 0.342 e. The van der Waals surface area contributed by atoms with E-state index in [0.717, 1.165) is 25.7 Å². The second kappa shape index (κ2) is 7.67. The van der Waals surface area contributed by atoms with Crippen molar-refractivity contribution in [1.82, 2.24) is 29.9 Å². The quantitative estimate of drug-likeness (QED) is 0.664. The SMILES string of the molecule is O=C(C1CC1)N1CCC(c2nc3c(nnn3Cc3c(Cl)cccc3Cl)c(=O)[nH]2)CC1. The van der Waals surface area contributed by atoms with Gasteiger partial charge >= 0.3 is 0 Å². The van der Waals surface area contributed by atoms with E-state index in [2.05, 4.69) is 20.3 Å². The van der Waals surface area contributed by atoms with Crippen LogP contribution in [0.25, 0.3) is 11.2 Å². The predicted octanol–water partition coefficient (Wildman–Crippen LogP) is 2.99. The smallest absolute Gasteiger partial charge is 0.281 e. The minimum Gasteiger partial charge on any atom is -0.342 e. The zero-order valence-electron chi connectivity index (χ0n) is 16.1. The standard InChI is InChI=1S/C20H20Cl2N6O2/c21-14-2-1-3-15(22)13(14)10-28-18-16(25-26-28)19(29)24-17(23-18)11-6-8-27(9-7-11)20(30)12-4-5-12/h1-3,11-12H,4-10H2,(H,23,24,29). The fourth-order valence-electron chi connectivity index (χ4n) is 3.98. The maximum atomic E-state index is 12.6. The highest BCUT2D eigenvalue weighted by atomic mass is 35.5. The summed E-state index contributed by atoms with van der Waals surface area (Å²) in [6.07, 6.45) is 3.56. The van der Waals surface area contributed by atoms with E-state index in [1.165, 1.54) is 0 Å². The first-order valence-electron chi connectivity index (χ1n) is 10.1. The monoisotopic (exact) mass is 446 g/mol. The number of aromatic amines is 1. The molecule has 0 radical (unpaired) electrons. The fourth-order valence-corrected chi connectivity index (χ4v) is 4.49. The molecule has 2 aliphatic rings. The number of nitrogens with one attached hydrogen (secondary N) is 1. The van der Waals surface area contributed by atoms with E-state index in [1.54, 1.807) is 22.9 Å². The van der Waals surface area contributed by atoms with Gasteiger partial charge in [0.15, 0.2) is 11.2 Å². The molecule has 5 rings (SSSR count). The first-order valence-corrected chi connectivity index (χ1v) is 10.8. The van der Waals surface area contributed by atoms with Crippen molar-refractivity contribution in [3.8, 4) is 0 Å². The van der Waals surface area contributed by atoms with Gasteiger partial charge in [-0.2, -0.15) is 0 Å². The Morgan fingerprint density at radius 2 is 1.83 bits per heavy atom. The lowest BCUT2D eigenvalue weighted by molar-refractivity contribution is -0.133. The second-order valence-corrected chi connectivity index (χ2v) is 8.76. The average molecular weight is 447 g/mol. The summed E-state index contributed by atoms with van der Waals surface area (Å²) < 4.78 is 1.55. The van der Waals surface area contributed by atoms with Crippen molar-refractivity contribution in [2.45, 2.75) is 38.1 Å². The first-order chi connectivity index (χ1) is 14.5. The highest BCUT2D eigenvalue weighted by Gasteiger charge is 2.35. The van der Waals surface area contributed by atoms with Crippen molar-refractivity contribution in [1.29, 1.82) is 0 Å². The normalized spacial score (nSPS) is 17.6. The van der Waals surface area contributed by atoms with Gasteiger partial charge in [-0.1, -0.05) is 34.5 Å². The van der Waals surface area contributed by atoms with Crippen LogP contribution in [0.1, 0.15) is 43.0 Å². The number of H-pyrrole nitrogens is 1. The minimum atomic E-state index is -0.317. The molecule has 0 bridgehead atoms. The number of hydrogen-bond donors (Lipinski definition) is 1. The van der Waals surface area contributed by atoms with Crippen LogP contribution in [0, 0.1) is 5.92 Å². The summed E-state index contributed by atoms with van der Waals surface area (Å²) in [5.74, 6) is 1.19. The molecule has 1 aliphatic carbocycles. The zero-order chi connectivity index (χ0) is 20.8. The van der Waals surface area contributed by atoms with Gasteiger partial charge < -0.3 is 9.88 Å². The molecule has 2 fully saturated rings. The third-order valence-electron chi connectivity index (χ3n) is 5.88. The van der Waals surface area contributed by atoms with Crippen molar-refractivity contribution < 1.29 is 4.79 Å². The maximum absolute atomic E-state index is 12.6. The van der Waals surface area contributed by atoms with Crippen LogP contribution in [0.3, 0.4) is 0 Å². The van der Waals surface area contributed by atoms with E-state index in [-0.39, 0.29) is 35.4 Å². The number of likely N-dealkylation sites (tertiary alicyclic amines) is 1. The Kier molecular flexibility index (Phi) is 4.99. The van der Waals surface area contributed by atoms with Gasteiger partial charge in [0.2, 0.25) is 5.91 Å². The molecule has 1 saturated carbocycles. The molecule has 0 unspecified atom stereocenters. The van der Waals surface area contributed by atoms with Gasteiger partial charge in [0, 0.05) is 40.5 Å². The molecule has 2 aromatic heterocycles. The van der Waals surface area contributed by atoms with E-state index in [1.807, 2.05) is 4.90 Å². The van der Waals surface area contributed by atoms with Gasteiger partial charge in [0.25, 0.3) is 5.56 Å². The van der Waals surface area contributed by atoms with E-state index < -0.39 is 0 Å². The van der Waals surface area contributed by atoms with Gasteiger partial charge in [-0.15, -0.1) is 5.10 Å². The van der Waals surface area contributed by atoms with Crippen LogP contribution < -0.4 is 5.56 Å². The molecule has 0 spiro atoms. The third-order valence-corrected chi connectivity index (χ3v) is 6.59. The van der Waals surface area contributed by atoms with Gasteiger partial charge in [0.1, 0.15) is 5.82 Å². The third kappa shape index (κ3) is 3.58. The summed E-state index contributed by atoms with van der Waals surface area (Å²) in [6.45, 7) is 1.64. The lowest BCUT2D eigenvalue weighted by Crippen LogP contribution is -2.39. The van der Waals surface area contributed by atoms with Crippen LogP contribution in [0.4, 0.5) is 0 Å². The van der Waals surface area contributed by atoms with E-state index in [9.17, 15) is 9.59 Å². The van der Waals surface area contributed by atoms with Gasteiger partial charge in [-0.05, 0) is 37.8 Å². The Balaban J connectivity index is 1.41. The first kappa shape index (κ1) is 19.5. The van der Waals surface area contributed by atoms with E-state index >= 15 is 0 Å². The number of nitrogens with zero attached hydrogens (tertiary/aromatic N) is 5. The van der Waals surface area contributed by atoms with Crippen molar-refractivity contribution in [2.24, 2.45) is 5.92 Å². The number of amides is 1. The molecule has 3 aromatic rings. The number of hydrogen-bond acceptors (Lipinski definition) is 5. The Labute approximate surface area is 182 Å². The van der Waals surface area contributed by atoms with Crippen molar-refractivity contribution in [3.05, 3.63) is 50.0 Å². The summed E-state index contributed by atoms with van der Waals surface area (Å²) >= 11 is 12.6. The van der Waals surface area contributed by atoms with Crippen LogP contribution in [0.5, 0.6) is 0 Å². The molecule has 1 aliphatic heterocycles. The summed E-state index contributed by atoms with van der Waals surface area (Å²) in [4.78, 5) is 34.4. The molecule has 156 valence electrons. The lowest BCUT2D eigenvalue weighted by atomic mass is 9.95. The summed E-state index contributed by atoms with van der Waals surface area (Å²) in [5.41, 5.74) is 0.968. The number of halogens is 2. The topological polar surface area (TPSA) is 96.8 Å². The molecule has 10 heteroatoms. The maximum Gasteiger partial charge on any atom is 0.281 e. The van der Waals surface area contributed by atoms with Crippen LogP contribution in [0.2, 0.25) is 10.0 Å². The van der Waals surface area contributed by atoms with Crippen LogP contribution >= 0.6 is 23.2 Å². The number of rotatable bonds is 4. The Bertz CT molecular complexity index is 1160. The minimum absolute atomic E-state index is 0.0811. The molecular weight excluding hydrogens is 427 g/mol. The summed E-state index contributed by atoms with van der Waals surface area (Å²) in [5, 5.41) is 9.12. The van der Waals surface area contributed by atoms with Crippen molar-refractivity contribution in [3.63, 3.8) is 0 Å². The number of piperidine rings is 1. The molecular formula is C20H20Cl2N6O2. The molecule has 1 aromatic carbocycles. The number of carbonyl (C=O) groups excluding carboxylic acids is 1.